The summed E-state index contributed by atoms with van der Waals surface area (Å²) in [6.07, 6.45) is 2.73. The van der Waals surface area contributed by atoms with Gasteiger partial charge in [-0.3, -0.25) is 9.78 Å². The summed E-state index contributed by atoms with van der Waals surface area (Å²) >= 11 is 0. The standard InChI is InChI=1S/C14H22N2O3/c1-14(2,3)19-13(18)5-4-7-15-11-6-8-16-12(9-11)10-17/h6,8-9,17H,4-5,7,10H2,1-3H3,(H,15,16). The zero-order valence-electron chi connectivity index (χ0n) is 11.8. The first-order chi connectivity index (χ1) is 8.90. The van der Waals surface area contributed by atoms with Crippen LogP contribution in [0.1, 0.15) is 39.3 Å². The highest BCUT2D eigenvalue weighted by atomic mass is 16.6. The second-order valence-corrected chi connectivity index (χ2v) is 5.31. The summed E-state index contributed by atoms with van der Waals surface area (Å²) in [6.45, 7) is 6.17. The maximum absolute atomic E-state index is 11.5. The number of aliphatic hydroxyl groups excluding tert-OH is 1. The Morgan fingerprint density at radius 3 is 2.84 bits per heavy atom. The summed E-state index contributed by atoms with van der Waals surface area (Å²) in [4.78, 5) is 15.5. The number of rotatable bonds is 6. The van der Waals surface area contributed by atoms with Gasteiger partial charge in [0.05, 0.1) is 12.3 Å². The van der Waals surface area contributed by atoms with E-state index in [4.69, 9.17) is 9.84 Å². The van der Waals surface area contributed by atoms with E-state index in [-0.39, 0.29) is 12.6 Å². The number of esters is 1. The third-order valence-corrected chi connectivity index (χ3v) is 2.29. The van der Waals surface area contributed by atoms with Crippen molar-refractivity contribution in [1.29, 1.82) is 0 Å². The van der Waals surface area contributed by atoms with Gasteiger partial charge in [-0.05, 0) is 39.3 Å². The van der Waals surface area contributed by atoms with Crippen LogP contribution in [-0.4, -0.2) is 28.2 Å². The van der Waals surface area contributed by atoms with E-state index in [0.717, 1.165) is 5.69 Å². The monoisotopic (exact) mass is 266 g/mol. The summed E-state index contributed by atoms with van der Waals surface area (Å²) in [5.41, 5.74) is 1.09. The van der Waals surface area contributed by atoms with Crippen LogP contribution in [0.4, 0.5) is 5.69 Å². The lowest BCUT2D eigenvalue weighted by atomic mass is 10.2. The van der Waals surface area contributed by atoms with Gasteiger partial charge in [0.1, 0.15) is 5.60 Å². The molecule has 0 bridgehead atoms. The molecule has 0 aliphatic heterocycles. The minimum atomic E-state index is -0.425. The zero-order chi connectivity index (χ0) is 14.3. The van der Waals surface area contributed by atoms with Gasteiger partial charge in [0.2, 0.25) is 0 Å². The van der Waals surface area contributed by atoms with E-state index in [0.29, 0.717) is 25.1 Å². The van der Waals surface area contributed by atoms with Crippen molar-refractivity contribution in [3.8, 4) is 0 Å². The summed E-state index contributed by atoms with van der Waals surface area (Å²) in [5, 5.41) is 12.1. The van der Waals surface area contributed by atoms with E-state index in [1.807, 2.05) is 26.8 Å². The Bertz CT molecular complexity index is 413. The van der Waals surface area contributed by atoms with Crippen molar-refractivity contribution >= 4 is 11.7 Å². The van der Waals surface area contributed by atoms with Crippen molar-refractivity contribution in [2.45, 2.75) is 45.8 Å². The molecule has 2 N–H and O–H groups in total. The van der Waals surface area contributed by atoms with Gasteiger partial charge in [-0.2, -0.15) is 0 Å². The summed E-state index contributed by atoms with van der Waals surface area (Å²) in [5.74, 6) is -0.180. The molecule has 0 saturated carbocycles. The molecule has 0 atom stereocenters. The van der Waals surface area contributed by atoms with Crippen molar-refractivity contribution in [1.82, 2.24) is 4.98 Å². The van der Waals surface area contributed by atoms with Crippen LogP contribution in [0.25, 0.3) is 0 Å². The number of nitrogens with zero attached hydrogens (tertiary/aromatic N) is 1. The summed E-state index contributed by atoms with van der Waals surface area (Å²) < 4.78 is 5.22. The largest absolute Gasteiger partial charge is 0.460 e. The first kappa shape index (κ1) is 15.4. The number of nitrogens with one attached hydrogen (secondary N) is 1. The molecule has 0 saturated heterocycles. The summed E-state index contributed by atoms with van der Waals surface area (Å²) in [7, 11) is 0. The maximum atomic E-state index is 11.5. The van der Waals surface area contributed by atoms with Crippen molar-refractivity contribution in [2.24, 2.45) is 0 Å². The molecule has 5 heteroatoms. The van der Waals surface area contributed by atoms with Crippen LogP contribution >= 0.6 is 0 Å². The first-order valence-electron chi connectivity index (χ1n) is 6.42. The maximum Gasteiger partial charge on any atom is 0.306 e. The predicted octanol–water partition coefficient (Wildman–Crippen LogP) is 2.11. The highest BCUT2D eigenvalue weighted by Crippen LogP contribution is 2.10. The molecular formula is C14H22N2O3. The minimum absolute atomic E-state index is 0.0760. The molecule has 1 aromatic rings. The molecule has 0 aliphatic rings. The van der Waals surface area contributed by atoms with Crippen LogP contribution in [0.3, 0.4) is 0 Å². The SMILES string of the molecule is CC(C)(C)OC(=O)CCCNc1ccnc(CO)c1. The van der Waals surface area contributed by atoms with Crippen LogP contribution in [0.2, 0.25) is 0 Å². The lowest BCUT2D eigenvalue weighted by Gasteiger charge is -2.19. The molecule has 106 valence electrons. The average Bonchev–Trinajstić information content (AvgIpc) is 2.33. The Balaban J connectivity index is 2.25. The summed E-state index contributed by atoms with van der Waals surface area (Å²) in [6, 6.07) is 3.61. The molecule has 1 rings (SSSR count). The number of carbonyl (C=O) groups is 1. The van der Waals surface area contributed by atoms with Gasteiger partial charge in [0.15, 0.2) is 0 Å². The normalized spacial score (nSPS) is 11.2. The molecule has 1 heterocycles. The van der Waals surface area contributed by atoms with E-state index in [1.54, 1.807) is 12.3 Å². The average molecular weight is 266 g/mol. The molecular weight excluding hydrogens is 244 g/mol. The number of ether oxygens (including phenoxy) is 1. The Kier molecular flexibility index (Phi) is 5.76. The van der Waals surface area contributed by atoms with E-state index >= 15 is 0 Å². The zero-order valence-corrected chi connectivity index (χ0v) is 11.8. The van der Waals surface area contributed by atoms with Crippen LogP contribution in [0.15, 0.2) is 18.3 Å². The second-order valence-electron chi connectivity index (χ2n) is 5.31. The Morgan fingerprint density at radius 1 is 1.47 bits per heavy atom. The molecule has 0 aliphatic carbocycles. The molecule has 0 unspecified atom stereocenters. The van der Waals surface area contributed by atoms with Gasteiger partial charge in [0, 0.05) is 24.8 Å². The molecule has 5 nitrogen and oxygen atoms in total. The number of aliphatic hydroxyl groups is 1. The quantitative estimate of drug-likeness (QED) is 0.609. The minimum Gasteiger partial charge on any atom is -0.460 e. The van der Waals surface area contributed by atoms with E-state index in [2.05, 4.69) is 10.3 Å². The van der Waals surface area contributed by atoms with E-state index in [9.17, 15) is 4.79 Å². The van der Waals surface area contributed by atoms with Gasteiger partial charge >= 0.3 is 5.97 Å². The van der Waals surface area contributed by atoms with E-state index in [1.165, 1.54) is 0 Å². The van der Waals surface area contributed by atoms with Gasteiger partial charge in [-0.25, -0.2) is 0 Å². The highest BCUT2D eigenvalue weighted by Gasteiger charge is 2.15. The topological polar surface area (TPSA) is 71.5 Å². The lowest BCUT2D eigenvalue weighted by molar-refractivity contribution is -0.154. The molecule has 1 aromatic heterocycles. The number of anilines is 1. The number of carbonyl (C=O) groups excluding carboxylic acids is 1. The third-order valence-electron chi connectivity index (χ3n) is 2.29. The number of aromatic nitrogens is 1. The number of hydrogen-bond acceptors (Lipinski definition) is 5. The van der Waals surface area contributed by atoms with Crippen LogP contribution < -0.4 is 5.32 Å². The molecule has 0 fully saturated rings. The number of hydrogen-bond donors (Lipinski definition) is 2. The van der Waals surface area contributed by atoms with Crippen molar-refractivity contribution in [2.75, 3.05) is 11.9 Å². The molecule has 19 heavy (non-hydrogen) atoms. The Hall–Kier alpha value is -1.62. The lowest BCUT2D eigenvalue weighted by Crippen LogP contribution is -2.24. The Morgan fingerprint density at radius 2 is 2.21 bits per heavy atom. The van der Waals surface area contributed by atoms with Crippen LogP contribution in [0, 0.1) is 0 Å². The van der Waals surface area contributed by atoms with Crippen molar-refractivity contribution < 1.29 is 14.6 Å². The fourth-order valence-electron chi connectivity index (χ4n) is 1.53. The van der Waals surface area contributed by atoms with Gasteiger partial charge in [-0.15, -0.1) is 0 Å². The smallest absolute Gasteiger partial charge is 0.306 e. The predicted molar refractivity (Wildman–Crippen MR) is 73.7 cm³/mol. The van der Waals surface area contributed by atoms with Crippen LogP contribution in [0.5, 0.6) is 0 Å². The molecule has 0 aromatic carbocycles. The van der Waals surface area contributed by atoms with Crippen LogP contribution in [-0.2, 0) is 16.1 Å². The van der Waals surface area contributed by atoms with Gasteiger partial charge in [-0.1, -0.05) is 0 Å². The number of pyridine rings is 1. The first-order valence-corrected chi connectivity index (χ1v) is 6.42. The highest BCUT2D eigenvalue weighted by molar-refractivity contribution is 5.69. The molecule has 0 amide bonds. The molecule has 0 spiro atoms. The third kappa shape index (κ3) is 6.76. The van der Waals surface area contributed by atoms with Crippen molar-refractivity contribution in [3.63, 3.8) is 0 Å². The Labute approximate surface area is 114 Å². The van der Waals surface area contributed by atoms with Crippen molar-refractivity contribution in [3.05, 3.63) is 24.0 Å². The van der Waals surface area contributed by atoms with Gasteiger partial charge in [0.25, 0.3) is 0 Å². The fourth-order valence-corrected chi connectivity index (χ4v) is 1.53. The van der Waals surface area contributed by atoms with E-state index < -0.39 is 5.60 Å². The molecule has 0 radical (unpaired) electrons. The fraction of sp³-hybridized carbons (Fsp3) is 0.571. The van der Waals surface area contributed by atoms with Gasteiger partial charge < -0.3 is 15.2 Å². The second kappa shape index (κ2) is 7.09.